The first-order chi connectivity index (χ1) is 9.65. The summed E-state index contributed by atoms with van der Waals surface area (Å²) in [7, 11) is 0. The quantitative estimate of drug-likeness (QED) is 0.777. The number of aromatic nitrogens is 2. The largest absolute Gasteiger partial charge is 0.322 e. The highest BCUT2D eigenvalue weighted by atomic mass is 16.2. The van der Waals surface area contributed by atoms with Crippen molar-refractivity contribution < 1.29 is 4.79 Å². The van der Waals surface area contributed by atoms with Crippen LogP contribution in [0.2, 0.25) is 0 Å². The molecular formula is C15H18N4O. The first-order valence-corrected chi connectivity index (χ1v) is 6.77. The lowest BCUT2D eigenvalue weighted by Gasteiger charge is -2.25. The third-order valence-electron chi connectivity index (χ3n) is 3.77. The number of benzene rings is 1. The van der Waals surface area contributed by atoms with Gasteiger partial charge in [0.25, 0.3) is 0 Å². The average molecular weight is 270 g/mol. The van der Waals surface area contributed by atoms with Gasteiger partial charge in [-0.1, -0.05) is 24.3 Å². The van der Waals surface area contributed by atoms with Crippen LogP contribution in [0.5, 0.6) is 0 Å². The van der Waals surface area contributed by atoms with E-state index in [-0.39, 0.29) is 11.9 Å². The lowest BCUT2D eigenvalue weighted by molar-refractivity contribution is -0.118. The van der Waals surface area contributed by atoms with E-state index < -0.39 is 0 Å². The third kappa shape index (κ3) is 2.32. The maximum absolute atomic E-state index is 12.4. The second-order valence-corrected chi connectivity index (χ2v) is 5.20. The maximum atomic E-state index is 12.4. The Morgan fingerprint density at radius 2 is 2.05 bits per heavy atom. The Labute approximate surface area is 117 Å². The fourth-order valence-electron chi connectivity index (χ4n) is 2.59. The summed E-state index contributed by atoms with van der Waals surface area (Å²) in [5, 5.41) is 13.2. The molecule has 5 nitrogen and oxygen atoms in total. The third-order valence-corrected chi connectivity index (χ3v) is 3.77. The van der Waals surface area contributed by atoms with Crippen LogP contribution in [0.3, 0.4) is 0 Å². The molecule has 0 spiro atoms. The minimum absolute atomic E-state index is 0.00731. The summed E-state index contributed by atoms with van der Waals surface area (Å²) in [5.41, 5.74) is 4.99. The number of hydrogen-bond acceptors (Lipinski definition) is 3. The van der Waals surface area contributed by atoms with Crippen molar-refractivity contribution in [2.24, 2.45) is 0 Å². The molecule has 0 aliphatic carbocycles. The van der Waals surface area contributed by atoms with Gasteiger partial charge < -0.3 is 10.6 Å². The maximum Gasteiger partial charge on any atom is 0.241 e. The monoisotopic (exact) mass is 270 g/mol. The van der Waals surface area contributed by atoms with Crippen molar-refractivity contribution in [3.8, 4) is 0 Å². The first kappa shape index (κ1) is 12.9. The number of hydrogen-bond donors (Lipinski definition) is 3. The molecule has 0 bridgehead atoms. The average Bonchev–Trinajstić information content (AvgIpc) is 2.78. The molecule has 104 valence electrons. The summed E-state index contributed by atoms with van der Waals surface area (Å²) >= 11 is 0. The van der Waals surface area contributed by atoms with Crippen LogP contribution in [0, 0.1) is 13.8 Å². The van der Waals surface area contributed by atoms with E-state index in [9.17, 15) is 4.79 Å². The lowest BCUT2D eigenvalue weighted by atomic mass is 9.95. The van der Waals surface area contributed by atoms with Gasteiger partial charge in [-0.05, 0) is 31.4 Å². The van der Waals surface area contributed by atoms with Crippen molar-refractivity contribution in [2.45, 2.75) is 32.9 Å². The molecule has 0 saturated carbocycles. The van der Waals surface area contributed by atoms with Crippen LogP contribution in [0.4, 0.5) is 5.69 Å². The van der Waals surface area contributed by atoms with E-state index in [1.165, 1.54) is 11.1 Å². The number of nitrogens with one attached hydrogen (secondary N) is 3. The number of rotatable bonds is 2. The molecule has 1 aliphatic rings. The molecule has 0 radical (unpaired) electrons. The summed E-state index contributed by atoms with van der Waals surface area (Å²) in [6.45, 7) is 4.51. The van der Waals surface area contributed by atoms with Crippen LogP contribution < -0.4 is 10.6 Å². The number of carbonyl (C=O) groups excluding carboxylic acids is 1. The molecule has 0 unspecified atom stereocenters. The molecule has 2 heterocycles. The predicted octanol–water partition coefficient (Wildman–Crippen LogP) is 1.68. The Kier molecular flexibility index (Phi) is 3.28. The van der Waals surface area contributed by atoms with Crippen LogP contribution in [0.25, 0.3) is 0 Å². The molecule has 3 N–H and O–H groups in total. The van der Waals surface area contributed by atoms with E-state index in [0.717, 1.165) is 30.0 Å². The summed E-state index contributed by atoms with van der Waals surface area (Å²) in [5.74, 6) is -0.00731. The first-order valence-electron chi connectivity index (χ1n) is 6.77. The van der Waals surface area contributed by atoms with Crippen LogP contribution in [-0.2, 0) is 17.8 Å². The fourth-order valence-corrected chi connectivity index (χ4v) is 2.59. The number of amides is 1. The van der Waals surface area contributed by atoms with E-state index in [1.54, 1.807) is 0 Å². The van der Waals surface area contributed by atoms with Gasteiger partial charge in [0.05, 0.1) is 23.1 Å². The summed E-state index contributed by atoms with van der Waals surface area (Å²) in [4.78, 5) is 12.4. The molecule has 2 aromatic rings. The van der Waals surface area contributed by atoms with Gasteiger partial charge in [-0.2, -0.15) is 5.10 Å². The molecule has 1 amide bonds. The highest BCUT2D eigenvalue weighted by Crippen LogP contribution is 2.19. The normalized spacial score (nSPS) is 17.6. The topological polar surface area (TPSA) is 69.8 Å². The Hall–Kier alpha value is -2.14. The standard InChI is InChI=1S/C15H18N4O/c1-9-14(10(2)19-18-9)17-15(20)13-7-11-5-3-4-6-12(11)8-16-13/h3-6,13,16H,7-8H2,1-2H3,(H,17,20)(H,18,19)/t13-/m0/s1. The van der Waals surface area contributed by atoms with Crippen molar-refractivity contribution in [2.75, 3.05) is 5.32 Å². The van der Waals surface area contributed by atoms with Gasteiger partial charge >= 0.3 is 0 Å². The van der Waals surface area contributed by atoms with Gasteiger partial charge in [0, 0.05) is 6.54 Å². The zero-order valence-corrected chi connectivity index (χ0v) is 11.7. The SMILES string of the molecule is Cc1n[nH]c(C)c1NC(=O)[C@@H]1Cc2ccccc2CN1. The highest BCUT2D eigenvalue weighted by Gasteiger charge is 2.24. The molecule has 0 fully saturated rings. The zero-order chi connectivity index (χ0) is 14.1. The van der Waals surface area contributed by atoms with Crippen LogP contribution in [0.15, 0.2) is 24.3 Å². The smallest absolute Gasteiger partial charge is 0.241 e. The van der Waals surface area contributed by atoms with Gasteiger partial charge in [0.1, 0.15) is 0 Å². The van der Waals surface area contributed by atoms with E-state index in [0.29, 0.717) is 0 Å². The van der Waals surface area contributed by atoms with Crippen molar-refractivity contribution in [1.29, 1.82) is 0 Å². The number of anilines is 1. The number of aryl methyl sites for hydroxylation is 2. The highest BCUT2D eigenvalue weighted by molar-refractivity contribution is 5.96. The number of carbonyl (C=O) groups is 1. The van der Waals surface area contributed by atoms with Crippen LogP contribution >= 0.6 is 0 Å². The second kappa shape index (κ2) is 5.09. The van der Waals surface area contributed by atoms with Crippen molar-refractivity contribution in [3.05, 3.63) is 46.8 Å². The van der Waals surface area contributed by atoms with E-state index in [4.69, 9.17) is 0 Å². The number of fused-ring (bicyclic) bond motifs is 1. The molecule has 0 saturated heterocycles. The zero-order valence-electron chi connectivity index (χ0n) is 11.7. The summed E-state index contributed by atoms with van der Waals surface area (Å²) < 4.78 is 0. The van der Waals surface area contributed by atoms with Crippen LogP contribution in [-0.4, -0.2) is 22.1 Å². The minimum atomic E-state index is -0.196. The Morgan fingerprint density at radius 3 is 2.75 bits per heavy atom. The van der Waals surface area contributed by atoms with Crippen LogP contribution in [0.1, 0.15) is 22.5 Å². The predicted molar refractivity (Wildman–Crippen MR) is 77.5 cm³/mol. The Balaban J connectivity index is 1.74. The van der Waals surface area contributed by atoms with Gasteiger partial charge in [-0.25, -0.2) is 0 Å². The molecular weight excluding hydrogens is 252 g/mol. The van der Waals surface area contributed by atoms with Gasteiger partial charge in [0.15, 0.2) is 0 Å². The van der Waals surface area contributed by atoms with Crippen molar-refractivity contribution in [3.63, 3.8) is 0 Å². The van der Waals surface area contributed by atoms with E-state index in [1.807, 2.05) is 26.0 Å². The fraction of sp³-hybridized carbons (Fsp3) is 0.333. The molecule has 1 atom stereocenters. The number of aromatic amines is 1. The molecule has 1 aliphatic heterocycles. The molecule has 1 aromatic carbocycles. The minimum Gasteiger partial charge on any atom is -0.322 e. The van der Waals surface area contributed by atoms with Gasteiger partial charge in [-0.3, -0.25) is 9.89 Å². The Bertz CT molecular complexity index is 628. The summed E-state index contributed by atoms with van der Waals surface area (Å²) in [6, 6.07) is 8.03. The number of H-pyrrole nitrogens is 1. The molecule has 20 heavy (non-hydrogen) atoms. The van der Waals surface area contributed by atoms with Gasteiger partial charge in [0.2, 0.25) is 5.91 Å². The summed E-state index contributed by atoms with van der Waals surface area (Å²) in [6.07, 6.45) is 0.720. The van der Waals surface area contributed by atoms with Crippen molar-refractivity contribution in [1.82, 2.24) is 15.5 Å². The van der Waals surface area contributed by atoms with E-state index >= 15 is 0 Å². The molecule has 1 aromatic heterocycles. The molecule has 5 heteroatoms. The lowest BCUT2D eigenvalue weighted by Crippen LogP contribution is -2.44. The Morgan fingerprint density at radius 1 is 1.30 bits per heavy atom. The number of nitrogens with zero attached hydrogens (tertiary/aromatic N) is 1. The van der Waals surface area contributed by atoms with Crippen molar-refractivity contribution >= 4 is 11.6 Å². The molecule has 3 rings (SSSR count). The van der Waals surface area contributed by atoms with Gasteiger partial charge in [-0.15, -0.1) is 0 Å². The van der Waals surface area contributed by atoms with E-state index in [2.05, 4.69) is 33.0 Å². The second-order valence-electron chi connectivity index (χ2n) is 5.20.